The maximum Gasteiger partial charge on any atom is 0.255 e. The fraction of sp³-hybridized carbons (Fsp3) is 0.429. The van der Waals surface area contributed by atoms with Crippen molar-refractivity contribution in [2.75, 3.05) is 19.6 Å². The highest BCUT2D eigenvalue weighted by Crippen LogP contribution is 2.46. The Balaban J connectivity index is 1.52. The highest BCUT2D eigenvalue weighted by Gasteiger charge is 2.54. The van der Waals surface area contributed by atoms with Gasteiger partial charge in [-0.2, -0.15) is 0 Å². The van der Waals surface area contributed by atoms with Crippen LogP contribution in [0.2, 0.25) is 0 Å². The van der Waals surface area contributed by atoms with E-state index >= 15 is 0 Å². The van der Waals surface area contributed by atoms with Crippen molar-refractivity contribution in [3.05, 3.63) is 69.9 Å². The molecule has 4 aliphatic heterocycles. The molecule has 0 saturated carbocycles. The molecule has 0 spiro atoms. The van der Waals surface area contributed by atoms with Crippen LogP contribution in [0.1, 0.15) is 34.7 Å². The number of aromatic nitrogens is 1. The summed E-state index contributed by atoms with van der Waals surface area (Å²) in [6.07, 6.45) is 3.74. The maximum atomic E-state index is 13.4. The highest BCUT2D eigenvalue weighted by atomic mass is 19.1. The van der Waals surface area contributed by atoms with Crippen LogP contribution in [0.15, 0.2) is 47.4 Å². The fourth-order valence-electron chi connectivity index (χ4n) is 5.37. The third-order valence-electron chi connectivity index (χ3n) is 6.58. The van der Waals surface area contributed by atoms with Crippen molar-refractivity contribution in [1.29, 1.82) is 0 Å². The SMILES string of the molecule is O=C(c1ccc(=O)[nH]c1)N1C[C@@H](c2ccc(F)cc2)[C@@H]2[C@H]1C1CCN2CC1. The molecule has 2 bridgehead atoms. The van der Waals surface area contributed by atoms with Gasteiger partial charge in [-0.25, -0.2) is 4.39 Å². The minimum atomic E-state index is -0.236. The molecule has 5 nitrogen and oxygen atoms in total. The summed E-state index contributed by atoms with van der Waals surface area (Å²) in [5.41, 5.74) is 1.40. The summed E-state index contributed by atoms with van der Waals surface area (Å²) < 4.78 is 13.4. The van der Waals surface area contributed by atoms with E-state index in [0.29, 0.717) is 18.0 Å². The van der Waals surface area contributed by atoms with Crippen molar-refractivity contribution < 1.29 is 9.18 Å². The molecule has 3 atom stereocenters. The molecular weight excluding hydrogens is 345 g/mol. The lowest BCUT2D eigenvalue weighted by molar-refractivity contribution is -0.00342. The number of rotatable bonds is 2. The van der Waals surface area contributed by atoms with Gasteiger partial charge in [0.15, 0.2) is 0 Å². The molecule has 6 rings (SSSR count). The minimum Gasteiger partial charge on any atom is -0.333 e. The van der Waals surface area contributed by atoms with Gasteiger partial charge in [-0.15, -0.1) is 0 Å². The number of halogens is 1. The van der Waals surface area contributed by atoms with Crippen molar-refractivity contribution in [1.82, 2.24) is 14.8 Å². The number of carbonyl (C=O) groups excluding carboxylic acids is 1. The van der Waals surface area contributed by atoms with Gasteiger partial charge in [-0.1, -0.05) is 12.1 Å². The predicted molar refractivity (Wildman–Crippen MR) is 99.1 cm³/mol. The molecule has 6 heteroatoms. The number of pyridine rings is 1. The number of carbonyl (C=O) groups is 1. The quantitative estimate of drug-likeness (QED) is 0.886. The van der Waals surface area contributed by atoms with E-state index in [0.717, 1.165) is 31.5 Å². The number of fused-ring (bicyclic) bond motifs is 2. The molecule has 4 aliphatic rings. The Labute approximate surface area is 156 Å². The number of likely N-dealkylation sites (tertiary alicyclic amines) is 1. The number of hydrogen-bond acceptors (Lipinski definition) is 3. The van der Waals surface area contributed by atoms with Crippen LogP contribution in [-0.4, -0.2) is 52.4 Å². The molecular formula is C21H22FN3O2. The first-order valence-electron chi connectivity index (χ1n) is 9.61. The van der Waals surface area contributed by atoms with Gasteiger partial charge in [-0.05, 0) is 55.6 Å². The molecule has 1 aromatic heterocycles. The summed E-state index contributed by atoms with van der Waals surface area (Å²) in [7, 11) is 0. The molecule has 5 heterocycles. The molecule has 0 radical (unpaired) electrons. The second-order valence-corrected chi connectivity index (χ2v) is 7.91. The third kappa shape index (κ3) is 2.70. The second kappa shape index (κ2) is 6.30. The lowest BCUT2D eigenvalue weighted by atomic mass is 9.75. The van der Waals surface area contributed by atoms with E-state index < -0.39 is 0 Å². The molecule has 27 heavy (non-hydrogen) atoms. The second-order valence-electron chi connectivity index (χ2n) is 7.91. The zero-order valence-corrected chi connectivity index (χ0v) is 15.0. The van der Waals surface area contributed by atoms with E-state index in [1.165, 1.54) is 24.4 Å². The van der Waals surface area contributed by atoms with Gasteiger partial charge < -0.3 is 9.88 Å². The van der Waals surface area contributed by atoms with Crippen LogP contribution in [0.5, 0.6) is 0 Å². The van der Waals surface area contributed by atoms with Crippen molar-refractivity contribution >= 4 is 5.91 Å². The summed E-state index contributed by atoms with van der Waals surface area (Å²) in [6.45, 7) is 2.78. The largest absolute Gasteiger partial charge is 0.333 e. The van der Waals surface area contributed by atoms with Crippen molar-refractivity contribution in [3.8, 4) is 0 Å². The summed E-state index contributed by atoms with van der Waals surface area (Å²) >= 11 is 0. The Morgan fingerprint density at radius 1 is 1.04 bits per heavy atom. The molecule has 0 aliphatic carbocycles. The Kier molecular flexibility index (Phi) is 3.90. The van der Waals surface area contributed by atoms with E-state index in [2.05, 4.69) is 9.88 Å². The Bertz CT molecular complexity index is 897. The lowest BCUT2D eigenvalue weighted by Crippen LogP contribution is -2.60. The first-order valence-corrected chi connectivity index (χ1v) is 9.61. The van der Waals surface area contributed by atoms with Crippen LogP contribution in [0.4, 0.5) is 4.39 Å². The molecule has 0 unspecified atom stereocenters. The predicted octanol–water partition coefficient (Wildman–Crippen LogP) is 2.22. The molecule has 2 aromatic rings. The van der Waals surface area contributed by atoms with E-state index in [1.54, 1.807) is 6.07 Å². The standard InChI is InChI=1S/C21H22FN3O2/c22-16-4-1-13(2-5-16)17-12-25(21(27)15-3-6-18(26)23-11-15)19-14-7-9-24(10-8-14)20(17)19/h1-6,11,14,17,19-20H,7-10,12H2,(H,23,26)/t17-,19+,20+/m0/s1. The van der Waals surface area contributed by atoms with Gasteiger partial charge >= 0.3 is 0 Å². The molecule has 1 N–H and O–H groups in total. The van der Waals surface area contributed by atoms with Gasteiger partial charge in [0.25, 0.3) is 5.91 Å². The van der Waals surface area contributed by atoms with E-state index in [1.807, 2.05) is 17.0 Å². The van der Waals surface area contributed by atoms with Gasteiger partial charge in [-0.3, -0.25) is 14.5 Å². The van der Waals surface area contributed by atoms with E-state index in [4.69, 9.17) is 0 Å². The zero-order chi connectivity index (χ0) is 18.5. The average Bonchev–Trinajstić information content (AvgIpc) is 3.12. The Morgan fingerprint density at radius 2 is 1.78 bits per heavy atom. The van der Waals surface area contributed by atoms with E-state index in [9.17, 15) is 14.0 Å². The number of H-pyrrole nitrogens is 1. The molecule has 1 amide bonds. The fourth-order valence-corrected chi connectivity index (χ4v) is 5.37. The summed E-state index contributed by atoms with van der Waals surface area (Å²) in [5.74, 6) is 0.433. The van der Waals surface area contributed by atoms with Crippen molar-refractivity contribution in [2.24, 2.45) is 5.92 Å². The molecule has 4 saturated heterocycles. The number of hydrogen-bond donors (Lipinski definition) is 1. The molecule has 4 fully saturated rings. The summed E-state index contributed by atoms with van der Waals surface area (Å²) in [4.78, 5) is 31.7. The number of aromatic amines is 1. The number of nitrogens with zero attached hydrogens (tertiary/aromatic N) is 2. The highest BCUT2D eigenvalue weighted by molar-refractivity contribution is 5.94. The van der Waals surface area contributed by atoms with Crippen LogP contribution in [0, 0.1) is 11.7 Å². The normalized spacial score (nSPS) is 31.7. The number of piperidine rings is 3. The number of nitrogens with one attached hydrogen (secondary N) is 1. The summed E-state index contributed by atoms with van der Waals surface area (Å²) in [6, 6.07) is 10.2. The third-order valence-corrected chi connectivity index (χ3v) is 6.58. The lowest BCUT2D eigenvalue weighted by Gasteiger charge is -2.51. The number of benzene rings is 1. The van der Waals surface area contributed by atoms with Gasteiger partial charge in [0, 0.05) is 30.8 Å². The van der Waals surface area contributed by atoms with Crippen molar-refractivity contribution in [3.63, 3.8) is 0 Å². The first kappa shape index (κ1) is 16.7. The van der Waals surface area contributed by atoms with Crippen molar-refractivity contribution in [2.45, 2.75) is 30.8 Å². The first-order chi connectivity index (χ1) is 13.1. The smallest absolute Gasteiger partial charge is 0.255 e. The molecule has 140 valence electrons. The van der Waals surface area contributed by atoms with Crippen LogP contribution >= 0.6 is 0 Å². The summed E-state index contributed by atoms with van der Waals surface area (Å²) in [5, 5.41) is 0. The Morgan fingerprint density at radius 3 is 2.44 bits per heavy atom. The van der Waals surface area contributed by atoms with Crippen LogP contribution in [-0.2, 0) is 0 Å². The van der Waals surface area contributed by atoms with Gasteiger partial charge in [0.1, 0.15) is 5.82 Å². The maximum absolute atomic E-state index is 13.4. The van der Waals surface area contributed by atoms with Crippen LogP contribution < -0.4 is 5.56 Å². The minimum absolute atomic E-state index is 0.0281. The van der Waals surface area contributed by atoms with Crippen LogP contribution in [0.3, 0.4) is 0 Å². The van der Waals surface area contributed by atoms with Crippen LogP contribution in [0.25, 0.3) is 0 Å². The van der Waals surface area contributed by atoms with Gasteiger partial charge in [0.2, 0.25) is 5.56 Å². The zero-order valence-electron chi connectivity index (χ0n) is 15.0. The Hall–Kier alpha value is -2.47. The number of amides is 1. The topological polar surface area (TPSA) is 56.4 Å². The van der Waals surface area contributed by atoms with Gasteiger partial charge in [0.05, 0.1) is 11.6 Å². The monoisotopic (exact) mass is 367 g/mol. The molecule has 1 aromatic carbocycles. The average molecular weight is 367 g/mol. The van der Waals surface area contributed by atoms with E-state index in [-0.39, 0.29) is 35.3 Å².